The van der Waals surface area contributed by atoms with Crippen LogP contribution in [0.25, 0.3) is 10.9 Å². The summed E-state index contributed by atoms with van der Waals surface area (Å²) >= 11 is 5.97. The zero-order chi connectivity index (χ0) is 11.1. The predicted molar refractivity (Wildman–Crippen MR) is 64.8 cm³/mol. The number of halogens is 1. The third-order valence-corrected chi connectivity index (χ3v) is 3.43. The van der Waals surface area contributed by atoms with Crippen LogP contribution in [0.1, 0.15) is 17.3 Å². The SMILES string of the molecule is OCC1NCCc2c1[nH]c1cc(Cl)ccc21. The van der Waals surface area contributed by atoms with E-state index in [9.17, 15) is 5.11 Å². The summed E-state index contributed by atoms with van der Waals surface area (Å²) in [6.45, 7) is 1.03. The van der Waals surface area contributed by atoms with Gasteiger partial charge in [-0.05, 0) is 30.7 Å². The summed E-state index contributed by atoms with van der Waals surface area (Å²) in [5, 5.41) is 14.6. The van der Waals surface area contributed by atoms with E-state index in [1.165, 1.54) is 10.9 Å². The first-order valence-corrected chi connectivity index (χ1v) is 5.81. The molecule has 0 spiro atoms. The molecule has 3 nitrogen and oxygen atoms in total. The normalized spacial score (nSPS) is 20.0. The molecule has 3 N–H and O–H groups in total. The van der Waals surface area contributed by atoms with Crippen molar-refractivity contribution in [2.45, 2.75) is 12.5 Å². The Balaban J connectivity index is 2.24. The van der Waals surface area contributed by atoms with Crippen molar-refractivity contribution in [1.82, 2.24) is 10.3 Å². The topological polar surface area (TPSA) is 48.0 Å². The number of H-pyrrole nitrogens is 1. The molecule has 0 saturated heterocycles. The molecular formula is C12H13ClN2O. The van der Waals surface area contributed by atoms with Crippen molar-refractivity contribution in [3.8, 4) is 0 Å². The van der Waals surface area contributed by atoms with E-state index in [1.54, 1.807) is 0 Å². The van der Waals surface area contributed by atoms with E-state index in [1.807, 2.05) is 18.2 Å². The third-order valence-electron chi connectivity index (χ3n) is 3.20. The number of rotatable bonds is 1. The summed E-state index contributed by atoms with van der Waals surface area (Å²) < 4.78 is 0. The van der Waals surface area contributed by atoms with Gasteiger partial charge in [0.2, 0.25) is 0 Å². The molecule has 1 aromatic carbocycles. The Kier molecular flexibility index (Phi) is 2.39. The minimum Gasteiger partial charge on any atom is -0.394 e. The molecule has 0 radical (unpaired) electrons. The van der Waals surface area contributed by atoms with Gasteiger partial charge in [-0.2, -0.15) is 0 Å². The first-order chi connectivity index (χ1) is 7.79. The van der Waals surface area contributed by atoms with Crippen LogP contribution in [0.3, 0.4) is 0 Å². The molecule has 4 heteroatoms. The van der Waals surface area contributed by atoms with Gasteiger partial charge in [-0.15, -0.1) is 0 Å². The first kappa shape index (κ1) is 10.1. The van der Waals surface area contributed by atoms with Crippen molar-refractivity contribution in [3.05, 3.63) is 34.5 Å². The monoisotopic (exact) mass is 236 g/mol. The van der Waals surface area contributed by atoms with Gasteiger partial charge in [0.15, 0.2) is 0 Å². The Morgan fingerprint density at radius 1 is 1.44 bits per heavy atom. The highest BCUT2D eigenvalue weighted by Crippen LogP contribution is 2.31. The quantitative estimate of drug-likeness (QED) is 0.709. The van der Waals surface area contributed by atoms with Gasteiger partial charge in [-0.3, -0.25) is 0 Å². The predicted octanol–water partition coefficient (Wildman–Crippen LogP) is 2.00. The van der Waals surface area contributed by atoms with Crippen molar-refractivity contribution in [3.63, 3.8) is 0 Å². The number of fused-ring (bicyclic) bond motifs is 3. The smallest absolute Gasteiger partial charge is 0.0710 e. The van der Waals surface area contributed by atoms with Crippen LogP contribution in [0.15, 0.2) is 18.2 Å². The van der Waals surface area contributed by atoms with E-state index < -0.39 is 0 Å². The van der Waals surface area contributed by atoms with Gasteiger partial charge >= 0.3 is 0 Å². The highest BCUT2D eigenvalue weighted by Gasteiger charge is 2.22. The molecule has 1 aliphatic rings. The molecule has 0 aliphatic carbocycles. The van der Waals surface area contributed by atoms with Crippen LogP contribution in [0, 0.1) is 0 Å². The summed E-state index contributed by atoms with van der Waals surface area (Å²) in [6, 6.07) is 5.92. The Hall–Kier alpha value is -1.03. The van der Waals surface area contributed by atoms with Gasteiger partial charge < -0.3 is 15.4 Å². The van der Waals surface area contributed by atoms with Gasteiger partial charge in [0, 0.05) is 21.6 Å². The van der Waals surface area contributed by atoms with E-state index in [-0.39, 0.29) is 12.6 Å². The van der Waals surface area contributed by atoms with Crippen molar-refractivity contribution in [2.24, 2.45) is 0 Å². The number of benzene rings is 1. The van der Waals surface area contributed by atoms with Crippen molar-refractivity contribution < 1.29 is 5.11 Å². The Morgan fingerprint density at radius 2 is 2.31 bits per heavy atom. The molecule has 2 heterocycles. The van der Waals surface area contributed by atoms with Crippen molar-refractivity contribution in [2.75, 3.05) is 13.2 Å². The molecule has 3 rings (SSSR count). The second kappa shape index (κ2) is 3.77. The number of aliphatic hydroxyl groups excluding tert-OH is 1. The zero-order valence-electron chi connectivity index (χ0n) is 8.76. The fourth-order valence-electron chi connectivity index (χ4n) is 2.44. The van der Waals surface area contributed by atoms with Crippen LogP contribution in [0.2, 0.25) is 5.02 Å². The maximum atomic E-state index is 9.31. The molecule has 0 saturated carbocycles. The molecule has 1 unspecified atom stereocenters. The zero-order valence-corrected chi connectivity index (χ0v) is 9.51. The van der Waals surface area contributed by atoms with Crippen LogP contribution in [0.5, 0.6) is 0 Å². The number of hydrogen-bond acceptors (Lipinski definition) is 2. The third kappa shape index (κ3) is 1.44. The Morgan fingerprint density at radius 3 is 3.12 bits per heavy atom. The lowest BCUT2D eigenvalue weighted by Gasteiger charge is -2.22. The van der Waals surface area contributed by atoms with E-state index in [0.29, 0.717) is 0 Å². The highest BCUT2D eigenvalue weighted by molar-refractivity contribution is 6.31. The standard InChI is InChI=1S/C12H13ClN2O/c13-7-1-2-8-9-3-4-14-11(6-16)12(9)15-10(8)5-7/h1-2,5,11,14-16H,3-4,6H2. The van der Waals surface area contributed by atoms with Crippen molar-refractivity contribution in [1.29, 1.82) is 0 Å². The number of hydrogen-bond donors (Lipinski definition) is 3. The summed E-state index contributed by atoms with van der Waals surface area (Å²) in [7, 11) is 0. The highest BCUT2D eigenvalue weighted by atomic mass is 35.5. The largest absolute Gasteiger partial charge is 0.394 e. The lowest BCUT2D eigenvalue weighted by molar-refractivity contribution is 0.238. The first-order valence-electron chi connectivity index (χ1n) is 5.44. The van der Waals surface area contributed by atoms with Crippen LogP contribution in [0.4, 0.5) is 0 Å². The molecule has 1 aromatic heterocycles. The maximum absolute atomic E-state index is 9.31. The van der Waals surface area contributed by atoms with Gasteiger partial charge in [0.25, 0.3) is 0 Å². The molecule has 16 heavy (non-hydrogen) atoms. The average molecular weight is 237 g/mol. The molecule has 84 valence electrons. The summed E-state index contributed by atoms with van der Waals surface area (Å²) in [5.41, 5.74) is 3.47. The molecular weight excluding hydrogens is 224 g/mol. The van der Waals surface area contributed by atoms with E-state index >= 15 is 0 Å². The molecule has 0 bridgehead atoms. The Labute approximate surface area is 98.4 Å². The van der Waals surface area contributed by atoms with Crippen LogP contribution in [-0.4, -0.2) is 23.2 Å². The average Bonchev–Trinajstić information content (AvgIpc) is 2.65. The Bertz CT molecular complexity index is 535. The van der Waals surface area contributed by atoms with E-state index in [4.69, 9.17) is 11.6 Å². The van der Waals surface area contributed by atoms with Crippen molar-refractivity contribution >= 4 is 22.5 Å². The number of aliphatic hydroxyl groups is 1. The molecule has 0 fully saturated rings. The second-order valence-corrected chi connectivity index (χ2v) is 4.58. The van der Waals surface area contributed by atoms with Gasteiger partial charge in [-0.25, -0.2) is 0 Å². The summed E-state index contributed by atoms with van der Waals surface area (Å²) in [6.07, 6.45) is 0.994. The molecule has 1 atom stereocenters. The van der Waals surface area contributed by atoms with Crippen LogP contribution < -0.4 is 5.32 Å². The lowest BCUT2D eigenvalue weighted by atomic mass is 10.00. The number of aromatic amines is 1. The fraction of sp³-hybridized carbons (Fsp3) is 0.333. The number of aromatic nitrogens is 1. The molecule has 1 aliphatic heterocycles. The lowest BCUT2D eigenvalue weighted by Crippen LogP contribution is -2.31. The minimum atomic E-state index is 0.0231. The summed E-state index contributed by atoms with van der Waals surface area (Å²) in [5.74, 6) is 0. The molecule has 0 amide bonds. The minimum absolute atomic E-state index is 0.0231. The fourth-order valence-corrected chi connectivity index (χ4v) is 2.62. The van der Waals surface area contributed by atoms with Crippen LogP contribution >= 0.6 is 11.6 Å². The van der Waals surface area contributed by atoms with E-state index in [2.05, 4.69) is 10.3 Å². The van der Waals surface area contributed by atoms with E-state index in [0.717, 1.165) is 29.2 Å². The maximum Gasteiger partial charge on any atom is 0.0710 e. The van der Waals surface area contributed by atoms with Gasteiger partial charge in [-0.1, -0.05) is 17.7 Å². The second-order valence-electron chi connectivity index (χ2n) is 4.15. The summed E-state index contributed by atoms with van der Waals surface area (Å²) in [4.78, 5) is 3.35. The van der Waals surface area contributed by atoms with Gasteiger partial charge in [0.1, 0.15) is 0 Å². The molecule has 2 aromatic rings. The van der Waals surface area contributed by atoms with Crippen LogP contribution in [-0.2, 0) is 6.42 Å². The number of nitrogens with one attached hydrogen (secondary N) is 2. The van der Waals surface area contributed by atoms with Gasteiger partial charge in [0.05, 0.1) is 12.6 Å².